The number of aromatic carboxylic acids is 1. The van der Waals surface area contributed by atoms with Crippen molar-refractivity contribution < 1.29 is 19.4 Å². The number of aryl methyl sites for hydroxylation is 5. The van der Waals surface area contributed by atoms with Crippen LogP contribution in [-0.4, -0.2) is 74.1 Å². The average molecular weight is 796 g/mol. The van der Waals surface area contributed by atoms with Gasteiger partial charge in [0, 0.05) is 77.1 Å². The fraction of sp³-hybridized carbons (Fsp3) is 0.386. The second kappa shape index (κ2) is 14.6. The molecule has 2 atom stereocenters. The van der Waals surface area contributed by atoms with Crippen LogP contribution in [-0.2, 0) is 20.0 Å². The summed E-state index contributed by atoms with van der Waals surface area (Å²) >= 11 is 13.7. The predicted octanol–water partition coefficient (Wildman–Crippen LogP) is 9.42. The van der Waals surface area contributed by atoms with Gasteiger partial charge in [-0.1, -0.05) is 29.3 Å². The highest BCUT2D eigenvalue weighted by Gasteiger charge is 2.38. The Labute approximate surface area is 337 Å². The van der Waals surface area contributed by atoms with Crippen LogP contribution in [0, 0.1) is 33.6 Å². The fourth-order valence-electron chi connectivity index (χ4n) is 9.18. The maximum Gasteiger partial charge on any atom is 0.335 e. The minimum Gasteiger partial charge on any atom is -0.494 e. The normalized spacial score (nSPS) is 17.4. The zero-order valence-corrected chi connectivity index (χ0v) is 34.6. The van der Waals surface area contributed by atoms with Gasteiger partial charge in [0.15, 0.2) is 0 Å². The molecule has 12 heteroatoms. The van der Waals surface area contributed by atoms with E-state index in [9.17, 15) is 9.90 Å². The van der Waals surface area contributed by atoms with Crippen molar-refractivity contribution in [1.29, 1.82) is 0 Å². The molecular weight excluding hydrogens is 747 g/mol. The van der Waals surface area contributed by atoms with Crippen LogP contribution in [0.2, 0.25) is 10.0 Å². The molecular formula is C44H48Cl2N6O4. The van der Waals surface area contributed by atoms with E-state index in [1.807, 2.05) is 54.8 Å². The molecule has 2 aliphatic rings. The topological polar surface area (TPSA) is 97.8 Å². The number of carboxylic acid groups (broad SMARTS) is 1. The number of likely N-dealkylation sites (tertiary alicyclic amines) is 1. The van der Waals surface area contributed by atoms with Gasteiger partial charge in [-0.2, -0.15) is 5.10 Å². The third-order valence-electron chi connectivity index (χ3n) is 11.9. The summed E-state index contributed by atoms with van der Waals surface area (Å²) in [7, 11) is 4.09. The standard InChI is InChI=1S/C44H48Cl2N6O4/c1-24-17-31(18-25(2)40(24)46)56-16-8-9-32-33-11-12-35(45)39(38-27(4)47-51(28(38)5)22-29-14-15-48(6)21-29)41(33)52-26(3)20-50(43(53)42(32)52)37-23-49(7)36-13-10-30(44(54)55)19-34(36)37/h10-13,17-19,23,26,29H,8-9,14-16,20-22H2,1-7H3,(H,54,55)/t26-,29?/m1/s1. The number of aromatic nitrogens is 4. The quantitative estimate of drug-likeness (QED) is 0.139. The zero-order valence-electron chi connectivity index (χ0n) is 33.0. The van der Waals surface area contributed by atoms with Crippen molar-refractivity contribution in [1.82, 2.24) is 23.8 Å². The number of ether oxygens (including phenoxy) is 1. The minimum absolute atomic E-state index is 0.135. The van der Waals surface area contributed by atoms with Crippen molar-refractivity contribution in [3.05, 3.63) is 98.0 Å². The number of hydrogen-bond acceptors (Lipinski definition) is 5. The molecule has 0 spiro atoms. The molecule has 0 saturated carbocycles. The van der Waals surface area contributed by atoms with Gasteiger partial charge < -0.3 is 28.8 Å². The first-order chi connectivity index (χ1) is 26.7. The first-order valence-electron chi connectivity index (χ1n) is 19.3. The van der Waals surface area contributed by atoms with Gasteiger partial charge in [-0.3, -0.25) is 9.48 Å². The van der Waals surface area contributed by atoms with E-state index in [1.54, 1.807) is 18.2 Å². The Morgan fingerprint density at radius 1 is 0.982 bits per heavy atom. The highest BCUT2D eigenvalue weighted by Crippen LogP contribution is 2.46. The van der Waals surface area contributed by atoms with Gasteiger partial charge in [0.05, 0.1) is 34.1 Å². The van der Waals surface area contributed by atoms with Crippen LogP contribution in [0.15, 0.2) is 48.7 Å². The molecule has 0 radical (unpaired) electrons. The molecule has 3 aromatic heterocycles. The summed E-state index contributed by atoms with van der Waals surface area (Å²) in [5, 5.41) is 18.0. The van der Waals surface area contributed by atoms with Crippen molar-refractivity contribution in [2.24, 2.45) is 13.0 Å². The maximum atomic E-state index is 15.2. The van der Waals surface area contributed by atoms with Gasteiger partial charge >= 0.3 is 5.97 Å². The van der Waals surface area contributed by atoms with E-state index in [2.05, 4.69) is 48.0 Å². The van der Waals surface area contributed by atoms with Crippen LogP contribution in [0.25, 0.3) is 32.9 Å². The van der Waals surface area contributed by atoms with Gasteiger partial charge in [-0.05, 0) is 126 Å². The minimum atomic E-state index is -1.01. The van der Waals surface area contributed by atoms with E-state index in [-0.39, 0.29) is 17.5 Å². The summed E-state index contributed by atoms with van der Waals surface area (Å²) in [5.41, 5.74) is 10.0. The number of hydrogen-bond donors (Lipinski definition) is 1. The Bertz CT molecular complexity index is 2540. The molecule has 6 aromatic rings. The van der Waals surface area contributed by atoms with Crippen LogP contribution in [0.4, 0.5) is 5.69 Å². The molecule has 3 aromatic carbocycles. The van der Waals surface area contributed by atoms with Crippen LogP contribution in [0.3, 0.4) is 0 Å². The Kier molecular flexibility index (Phi) is 9.96. The first kappa shape index (κ1) is 38.1. The van der Waals surface area contributed by atoms with Gasteiger partial charge in [-0.25, -0.2) is 4.79 Å². The van der Waals surface area contributed by atoms with E-state index in [0.29, 0.717) is 48.3 Å². The van der Waals surface area contributed by atoms with Crippen LogP contribution < -0.4 is 9.64 Å². The van der Waals surface area contributed by atoms with Crippen molar-refractivity contribution in [3.8, 4) is 16.9 Å². The van der Waals surface area contributed by atoms with Gasteiger partial charge in [0.25, 0.3) is 5.91 Å². The SMILES string of the molecule is Cc1cc(OCCCc2c3n(c4c(-c5c(C)nn(CC6CCN(C)C6)c5C)c(Cl)ccc24)[C@H](C)CN(c2cn(C)c4ccc(C(=O)O)cc24)C3=O)cc(C)c1Cl. The van der Waals surface area contributed by atoms with Crippen molar-refractivity contribution >= 4 is 62.6 Å². The van der Waals surface area contributed by atoms with E-state index < -0.39 is 5.97 Å². The van der Waals surface area contributed by atoms with Crippen LogP contribution in [0.5, 0.6) is 5.75 Å². The largest absolute Gasteiger partial charge is 0.494 e. The number of carbonyl (C=O) groups is 2. The zero-order chi connectivity index (χ0) is 39.7. The Balaban J connectivity index is 1.25. The van der Waals surface area contributed by atoms with E-state index in [0.717, 1.165) is 97.8 Å². The molecule has 1 fully saturated rings. The fourth-order valence-corrected chi connectivity index (χ4v) is 9.53. The van der Waals surface area contributed by atoms with Crippen LogP contribution in [0.1, 0.15) is 74.7 Å². The molecule has 1 saturated heterocycles. The number of halogens is 2. The number of rotatable bonds is 10. The van der Waals surface area contributed by atoms with E-state index in [4.69, 9.17) is 33.0 Å². The summed E-state index contributed by atoms with van der Waals surface area (Å²) in [6.07, 6.45) is 4.31. The molecule has 292 valence electrons. The Hall–Kier alpha value is -4.77. The third kappa shape index (κ3) is 6.45. The number of fused-ring (bicyclic) bond motifs is 4. The van der Waals surface area contributed by atoms with Crippen LogP contribution >= 0.6 is 23.2 Å². The van der Waals surface area contributed by atoms with Gasteiger partial charge in [-0.15, -0.1) is 0 Å². The average Bonchev–Trinajstić information content (AvgIpc) is 3.89. The summed E-state index contributed by atoms with van der Waals surface area (Å²) in [6, 6.07) is 12.8. The lowest BCUT2D eigenvalue weighted by Crippen LogP contribution is -2.42. The lowest BCUT2D eigenvalue weighted by molar-refractivity contribution is 0.0696. The highest BCUT2D eigenvalue weighted by molar-refractivity contribution is 6.35. The lowest BCUT2D eigenvalue weighted by atomic mass is 9.98. The number of benzene rings is 3. The van der Waals surface area contributed by atoms with Crippen molar-refractivity contribution in [2.75, 3.05) is 38.2 Å². The second-order valence-corrected chi connectivity index (χ2v) is 16.7. The molecule has 1 unspecified atom stereocenters. The molecule has 0 aliphatic carbocycles. The van der Waals surface area contributed by atoms with Crippen molar-refractivity contribution in [3.63, 3.8) is 0 Å². The molecule has 8 rings (SSSR count). The summed E-state index contributed by atoms with van der Waals surface area (Å²) in [6.45, 7) is 14.1. The maximum absolute atomic E-state index is 15.2. The Morgan fingerprint density at radius 2 is 1.73 bits per heavy atom. The number of amides is 1. The first-order valence-corrected chi connectivity index (χ1v) is 20.1. The number of anilines is 1. The lowest BCUT2D eigenvalue weighted by Gasteiger charge is -2.34. The Morgan fingerprint density at radius 3 is 2.43 bits per heavy atom. The predicted molar refractivity (Wildman–Crippen MR) is 224 cm³/mol. The monoisotopic (exact) mass is 794 g/mol. The molecule has 56 heavy (non-hydrogen) atoms. The molecule has 0 bridgehead atoms. The molecule has 2 aliphatic heterocycles. The number of nitrogens with zero attached hydrogens (tertiary/aromatic N) is 6. The molecule has 10 nitrogen and oxygen atoms in total. The smallest absolute Gasteiger partial charge is 0.335 e. The van der Waals surface area contributed by atoms with Gasteiger partial charge in [0.2, 0.25) is 0 Å². The van der Waals surface area contributed by atoms with E-state index in [1.165, 1.54) is 0 Å². The number of carboxylic acids is 1. The summed E-state index contributed by atoms with van der Waals surface area (Å²) in [5.74, 6) is 0.144. The molecule has 1 N–H and O–H groups in total. The van der Waals surface area contributed by atoms with Gasteiger partial charge in [0.1, 0.15) is 11.4 Å². The number of carbonyl (C=O) groups excluding carboxylic acids is 1. The molecule has 1 amide bonds. The van der Waals surface area contributed by atoms with E-state index >= 15 is 4.79 Å². The summed E-state index contributed by atoms with van der Waals surface area (Å²) in [4.78, 5) is 31.4. The van der Waals surface area contributed by atoms with Crippen molar-refractivity contribution in [2.45, 2.75) is 66.5 Å². The second-order valence-electron chi connectivity index (χ2n) is 15.9. The highest BCUT2D eigenvalue weighted by atomic mass is 35.5. The third-order valence-corrected chi connectivity index (χ3v) is 12.8. The summed E-state index contributed by atoms with van der Waals surface area (Å²) < 4.78 is 12.5. The molecule has 5 heterocycles.